The molecule has 1 atom stereocenters. The van der Waals surface area contributed by atoms with E-state index < -0.39 is 17.3 Å². The maximum atomic E-state index is 14.2. The third kappa shape index (κ3) is 4.04. The molecule has 0 aliphatic heterocycles. The normalized spacial score (nSPS) is 12.5. The van der Waals surface area contributed by atoms with Gasteiger partial charge in [0.2, 0.25) is 0 Å². The van der Waals surface area contributed by atoms with Crippen molar-refractivity contribution in [2.45, 2.75) is 26.2 Å². The lowest BCUT2D eigenvalue weighted by Crippen LogP contribution is -2.25. The number of carbonyl (C=O) groups is 1. The standard InChI is InChI=1S/C22H21ClFNO4/c1-12(2)17(11-26)15-9-16(22(28)29)21(27)25-10-13(6-7-19(15)25)8-14-4-3-5-18(23)20(14)24/h3-7,9-10,12,17,26H,8,11H2,1-2H3,(H,28,29). The smallest absolute Gasteiger partial charge is 0.341 e. The van der Waals surface area contributed by atoms with Crippen LogP contribution in [0.4, 0.5) is 4.39 Å². The average Bonchev–Trinajstić information content (AvgIpc) is 2.67. The first-order chi connectivity index (χ1) is 13.7. The highest BCUT2D eigenvalue weighted by Crippen LogP contribution is 2.28. The Labute approximate surface area is 172 Å². The number of nitrogens with zero attached hydrogens (tertiary/aromatic N) is 1. The van der Waals surface area contributed by atoms with Crippen LogP contribution < -0.4 is 5.56 Å². The molecule has 0 spiro atoms. The van der Waals surface area contributed by atoms with Crippen molar-refractivity contribution in [1.82, 2.24) is 4.40 Å². The quantitative estimate of drug-likeness (QED) is 0.632. The van der Waals surface area contributed by atoms with Crippen LogP contribution >= 0.6 is 11.6 Å². The molecule has 3 rings (SSSR count). The predicted octanol–water partition coefficient (Wildman–Crippen LogP) is 4.11. The molecule has 29 heavy (non-hydrogen) atoms. The molecule has 3 aromatic rings. The maximum absolute atomic E-state index is 14.2. The van der Waals surface area contributed by atoms with Crippen molar-refractivity contribution in [3.05, 3.63) is 86.0 Å². The van der Waals surface area contributed by atoms with Gasteiger partial charge < -0.3 is 10.2 Å². The minimum Gasteiger partial charge on any atom is -0.477 e. The molecule has 1 unspecified atom stereocenters. The first-order valence-corrected chi connectivity index (χ1v) is 9.57. The Hall–Kier alpha value is -2.70. The van der Waals surface area contributed by atoms with Gasteiger partial charge in [-0.05, 0) is 40.8 Å². The Kier molecular flexibility index (Phi) is 6.05. The summed E-state index contributed by atoms with van der Waals surface area (Å²) in [7, 11) is 0. The van der Waals surface area contributed by atoms with E-state index in [0.717, 1.165) is 0 Å². The van der Waals surface area contributed by atoms with E-state index in [2.05, 4.69) is 0 Å². The summed E-state index contributed by atoms with van der Waals surface area (Å²) in [4.78, 5) is 24.4. The van der Waals surface area contributed by atoms with Crippen molar-refractivity contribution < 1.29 is 19.4 Å². The number of aliphatic hydroxyl groups excluding tert-OH is 1. The van der Waals surface area contributed by atoms with Crippen LogP contribution in [-0.2, 0) is 6.42 Å². The SMILES string of the molecule is CC(C)C(CO)c1cc(C(=O)O)c(=O)n2cc(Cc3cccc(Cl)c3F)ccc12. The number of pyridine rings is 2. The highest BCUT2D eigenvalue weighted by molar-refractivity contribution is 6.30. The zero-order chi connectivity index (χ0) is 21.3. The largest absolute Gasteiger partial charge is 0.477 e. The molecule has 152 valence electrons. The second-order valence-corrected chi connectivity index (χ2v) is 7.75. The zero-order valence-corrected chi connectivity index (χ0v) is 16.8. The third-order valence-electron chi connectivity index (χ3n) is 5.11. The average molecular weight is 418 g/mol. The Bertz CT molecular complexity index is 1140. The summed E-state index contributed by atoms with van der Waals surface area (Å²) in [6.45, 7) is 3.65. The number of aromatic carboxylic acids is 1. The summed E-state index contributed by atoms with van der Waals surface area (Å²) in [6, 6.07) is 9.50. The van der Waals surface area contributed by atoms with E-state index >= 15 is 0 Å². The molecule has 2 heterocycles. The lowest BCUT2D eigenvalue weighted by Gasteiger charge is -2.21. The molecule has 0 radical (unpaired) electrons. The van der Waals surface area contributed by atoms with Gasteiger partial charge in [-0.3, -0.25) is 9.20 Å². The van der Waals surface area contributed by atoms with E-state index in [1.807, 2.05) is 13.8 Å². The number of fused-ring (bicyclic) bond motifs is 1. The van der Waals surface area contributed by atoms with Crippen molar-refractivity contribution in [3.63, 3.8) is 0 Å². The molecule has 0 aliphatic rings. The maximum Gasteiger partial charge on any atom is 0.341 e. The number of hydrogen-bond acceptors (Lipinski definition) is 3. The van der Waals surface area contributed by atoms with Crippen molar-refractivity contribution in [2.24, 2.45) is 5.92 Å². The molecule has 0 aliphatic carbocycles. The summed E-state index contributed by atoms with van der Waals surface area (Å²) >= 11 is 5.84. The number of halogens is 2. The van der Waals surface area contributed by atoms with Gasteiger partial charge in [-0.1, -0.05) is 43.6 Å². The third-order valence-corrected chi connectivity index (χ3v) is 5.40. The second kappa shape index (κ2) is 8.35. The minimum atomic E-state index is -1.34. The van der Waals surface area contributed by atoms with Crippen LogP contribution in [-0.4, -0.2) is 27.2 Å². The van der Waals surface area contributed by atoms with Gasteiger partial charge in [-0.2, -0.15) is 0 Å². The summed E-state index contributed by atoms with van der Waals surface area (Å²) in [6.07, 6.45) is 1.71. The van der Waals surface area contributed by atoms with Crippen LogP contribution in [0.25, 0.3) is 5.52 Å². The van der Waals surface area contributed by atoms with Crippen molar-refractivity contribution in [2.75, 3.05) is 6.61 Å². The first-order valence-electron chi connectivity index (χ1n) is 9.19. The lowest BCUT2D eigenvalue weighted by molar-refractivity contribution is 0.0694. The molecule has 0 amide bonds. The first kappa shape index (κ1) is 21.0. The van der Waals surface area contributed by atoms with Crippen LogP contribution in [0, 0.1) is 11.7 Å². The number of carboxylic acids is 1. The van der Waals surface area contributed by atoms with Gasteiger partial charge >= 0.3 is 5.97 Å². The van der Waals surface area contributed by atoms with E-state index in [0.29, 0.717) is 22.2 Å². The highest BCUT2D eigenvalue weighted by atomic mass is 35.5. The molecule has 0 bridgehead atoms. The fourth-order valence-corrected chi connectivity index (χ4v) is 3.69. The fourth-order valence-electron chi connectivity index (χ4n) is 3.50. The molecule has 0 fully saturated rings. The van der Waals surface area contributed by atoms with Crippen LogP contribution in [0.15, 0.2) is 47.4 Å². The van der Waals surface area contributed by atoms with Gasteiger partial charge in [-0.15, -0.1) is 0 Å². The van der Waals surface area contributed by atoms with Gasteiger partial charge in [0.05, 0.1) is 17.1 Å². The monoisotopic (exact) mass is 417 g/mol. The van der Waals surface area contributed by atoms with Crippen LogP contribution in [0.2, 0.25) is 5.02 Å². The minimum absolute atomic E-state index is 0.0126. The second-order valence-electron chi connectivity index (χ2n) is 7.34. The summed E-state index contributed by atoms with van der Waals surface area (Å²) in [5.41, 5.74) is 1.05. The zero-order valence-electron chi connectivity index (χ0n) is 16.0. The van der Waals surface area contributed by atoms with Crippen LogP contribution in [0.1, 0.15) is 46.8 Å². The van der Waals surface area contributed by atoms with E-state index in [1.54, 1.807) is 24.3 Å². The van der Waals surface area contributed by atoms with Gasteiger partial charge in [0.1, 0.15) is 11.4 Å². The number of hydrogen-bond donors (Lipinski definition) is 2. The molecule has 0 saturated carbocycles. The molecule has 0 saturated heterocycles. The number of aliphatic hydroxyl groups is 1. The fraction of sp³-hybridized carbons (Fsp3) is 0.273. The van der Waals surface area contributed by atoms with E-state index in [4.69, 9.17) is 11.6 Å². The number of aromatic nitrogens is 1. The van der Waals surface area contributed by atoms with Gasteiger partial charge in [-0.25, -0.2) is 9.18 Å². The Morgan fingerprint density at radius 2 is 1.97 bits per heavy atom. The van der Waals surface area contributed by atoms with E-state index in [-0.39, 0.29) is 35.4 Å². The van der Waals surface area contributed by atoms with Crippen LogP contribution in [0.5, 0.6) is 0 Å². The Balaban J connectivity index is 2.21. The molecule has 7 heteroatoms. The van der Waals surface area contributed by atoms with Gasteiger partial charge in [0.25, 0.3) is 5.56 Å². The number of carboxylic acid groups (broad SMARTS) is 1. The summed E-state index contributed by atoms with van der Waals surface area (Å²) in [5.74, 6) is -2.16. The Morgan fingerprint density at radius 3 is 2.59 bits per heavy atom. The topological polar surface area (TPSA) is 79.0 Å². The molecule has 5 nitrogen and oxygen atoms in total. The molecular formula is C22H21ClFNO4. The Morgan fingerprint density at radius 1 is 1.24 bits per heavy atom. The van der Waals surface area contributed by atoms with E-state index in [1.165, 1.54) is 22.7 Å². The summed E-state index contributed by atoms with van der Waals surface area (Å²) in [5, 5.41) is 19.3. The van der Waals surface area contributed by atoms with Gasteiger partial charge in [0, 0.05) is 18.5 Å². The van der Waals surface area contributed by atoms with Gasteiger partial charge in [0.15, 0.2) is 0 Å². The molecular weight excluding hydrogens is 397 g/mol. The highest BCUT2D eigenvalue weighted by Gasteiger charge is 2.22. The summed E-state index contributed by atoms with van der Waals surface area (Å²) < 4.78 is 15.5. The number of benzene rings is 1. The van der Waals surface area contributed by atoms with Crippen molar-refractivity contribution in [3.8, 4) is 0 Å². The predicted molar refractivity (Wildman–Crippen MR) is 110 cm³/mol. The lowest BCUT2D eigenvalue weighted by atomic mass is 9.87. The molecule has 1 aromatic carbocycles. The van der Waals surface area contributed by atoms with Crippen LogP contribution in [0.3, 0.4) is 0 Å². The van der Waals surface area contributed by atoms with Crippen molar-refractivity contribution in [1.29, 1.82) is 0 Å². The molecule has 2 N–H and O–H groups in total. The number of rotatable bonds is 6. The van der Waals surface area contributed by atoms with Crippen molar-refractivity contribution >= 4 is 23.1 Å². The van der Waals surface area contributed by atoms with E-state index in [9.17, 15) is 24.2 Å². The molecule has 2 aromatic heterocycles.